The molecule has 1 aromatic carbocycles. The molecule has 0 fully saturated rings. The molecule has 1 heterocycles. The first kappa shape index (κ1) is 12.5. The molecule has 1 atom stereocenters. The van der Waals surface area contributed by atoms with Crippen LogP contribution in [-0.2, 0) is 0 Å². The van der Waals surface area contributed by atoms with E-state index < -0.39 is 6.10 Å². The molecule has 0 aliphatic carbocycles. The second-order valence-corrected chi connectivity index (χ2v) is 5.07. The third-order valence-corrected chi connectivity index (χ3v) is 3.04. The lowest BCUT2D eigenvalue weighted by molar-refractivity contribution is 0.147. The van der Waals surface area contributed by atoms with Gasteiger partial charge in [0.1, 0.15) is 13.2 Å². The third-order valence-electron chi connectivity index (χ3n) is 2.72. The molecule has 1 aromatic rings. The quantitative estimate of drug-likeness (QED) is 0.903. The number of ether oxygens (including phenoxy) is 2. The summed E-state index contributed by atoms with van der Waals surface area (Å²) >= 11 is 6.14. The van der Waals surface area contributed by atoms with Gasteiger partial charge in [0.05, 0.1) is 11.1 Å². The highest BCUT2D eigenvalue weighted by Crippen LogP contribution is 2.38. The van der Waals surface area contributed by atoms with E-state index in [0.717, 1.165) is 0 Å². The molecule has 1 aliphatic rings. The van der Waals surface area contributed by atoms with Gasteiger partial charge in [-0.15, -0.1) is 0 Å². The summed E-state index contributed by atoms with van der Waals surface area (Å²) in [6.45, 7) is 5.20. The summed E-state index contributed by atoms with van der Waals surface area (Å²) in [5.74, 6) is 1.73. The topological polar surface area (TPSA) is 38.7 Å². The largest absolute Gasteiger partial charge is 0.486 e. The molecule has 2 rings (SSSR count). The Kier molecular flexibility index (Phi) is 3.79. The third kappa shape index (κ3) is 2.85. The number of halogens is 1. The van der Waals surface area contributed by atoms with E-state index in [1.807, 2.05) is 0 Å². The van der Waals surface area contributed by atoms with Gasteiger partial charge in [0.15, 0.2) is 11.5 Å². The van der Waals surface area contributed by atoms with Gasteiger partial charge in [-0.25, -0.2) is 0 Å². The molecular formula is C13H17ClO3. The van der Waals surface area contributed by atoms with Crippen molar-refractivity contribution in [2.24, 2.45) is 5.92 Å². The monoisotopic (exact) mass is 256 g/mol. The minimum Gasteiger partial charge on any atom is -0.486 e. The average molecular weight is 257 g/mol. The van der Waals surface area contributed by atoms with Gasteiger partial charge in [-0.3, -0.25) is 0 Å². The van der Waals surface area contributed by atoms with Crippen molar-refractivity contribution in [1.29, 1.82) is 0 Å². The van der Waals surface area contributed by atoms with Crippen LogP contribution in [0.3, 0.4) is 0 Å². The number of benzene rings is 1. The fourth-order valence-electron chi connectivity index (χ4n) is 1.91. The zero-order valence-corrected chi connectivity index (χ0v) is 10.8. The second-order valence-electron chi connectivity index (χ2n) is 4.66. The Morgan fingerprint density at radius 2 is 1.82 bits per heavy atom. The zero-order valence-electron chi connectivity index (χ0n) is 10.1. The van der Waals surface area contributed by atoms with Gasteiger partial charge < -0.3 is 14.6 Å². The fraction of sp³-hybridized carbons (Fsp3) is 0.538. The number of aliphatic hydroxyl groups is 1. The molecule has 0 spiro atoms. The Hall–Kier alpha value is -0.930. The van der Waals surface area contributed by atoms with Crippen LogP contribution in [0.4, 0.5) is 0 Å². The van der Waals surface area contributed by atoms with Gasteiger partial charge in [0.25, 0.3) is 0 Å². The summed E-state index contributed by atoms with van der Waals surface area (Å²) in [4.78, 5) is 0. The Morgan fingerprint density at radius 1 is 1.24 bits per heavy atom. The molecule has 1 N–H and O–H groups in total. The van der Waals surface area contributed by atoms with E-state index in [1.54, 1.807) is 12.1 Å². The van der Waals surface area contributed by atoms with Crippen molar-refractivity contribution >= 4 is 11.6 Å². The van der Waals surface area contributed by atoms with Crippen molar-refractivity contribution in [3.63, 3.8) is 0 Å². The number of hydrogen-bond acceptors (Lipinski definition) is 3. The molecule has 17 heavy (non-hydrogen) atoms. The molecule has 0 radical (unpaired) electrons. The molecule has 0 amide bonds. The van der Waals surface area contributed by atoms with Crippen molar-refractivity contribution in [2.75, 3.05) is 13.2 Å². The minimum absolute atomic E-state index is 0.411. The Morgan fingerprint density at radius 3 is 2.41 bits per heavy atom. The molecule has 0 aromatic heterocycles. The maximum atomic E-state index is 10.1. The minimum atomic E-state index is -0.557. The van der Waals surface area contributed by atoms with Gasteiger partial charge in [0.2, 0.25) is 0 Å². The van der Waals surface area contributed by atoms with Crippen LogP contribution in [0.25, 0.3) is 0 Å². The number of hydrogen-bond donors (Lipinski definition) is 1. The van der Waals surface area contributed by atoms with Gasteiger partial charge >= 0.3 is 0 Å². The predicted molar refractivity (Wildman–Crippen MR) is 66.9 cm³/mol. The molecule has 1 aliphatic heterocycles. The lowest BCUT2D eigenvalue weighted by Crippen LogP contribution is -2.16. The zero-order chi connectivity index (χ0) is 12.4. The first-order chi connectivity index (χ1) is 8.08. The predicted octanol–water partition coefficient (Wildman–Crippen LogP) is 3.19. The van der Waals surface area contributed by atoms with Crippen molar-refractivity contribution in [3.05, 3.63) is 22.7 Å². The molecular weight excluding hydrogens is 240 g/mol. The summed E-state index contributed by atoms with van der Waals surface area (Å²) in [5.41, 5.74) is 0.713. The average Bonchev–Trinajstić information content (AvgIpc) is 2.27. The molecule has 0 saturated carbocycles. The molecule has 1 unspecified atom stereocenters. The van der Waals surface area contributed by atoms with E-state index in [0.29, 0.717) is 47.6 Å². The SMILES string of the molecule is CC(C)CC(O)c1cc2c(cc1Cl)OCCO2. The van der Waals surface area contributed by atoms with E-state index in [4.69, 9.17) is 21.1 Å². The van der Waals surface area contributed by atoms with Crippen molar-refractivity contribution in [2.45, 2.75) is 26.4 Å². The second kappa shape index (κ2) is 5.15. The highest BCUT2D eigenvalue weighted by atomic mass is 35.5. The molecule has 3 nitrogen and oxygen atoms in total. The standard InChI is InChI=1S/C13H17ClO3/c1-8(2)5-11(15)9-6-12-13(7-10(9)14)17-4-3-16-12/h6-8,11,15H,3-5H2,1-2H3. The van der Waals surface area contributed by atoms with Crippen LogP contribution in [-0.4, -0.2) is 18.3 Å². The van der Waals surface area contributed by atoms with Gasteiger partial charge in [-0.2, -0.15) is 0 Å². The van der Waals surface area contributed by atoms with Crippen molar-refractivity contribution in [1.82, 2.24) is 0 Å². The molecule has 0 bridgehead atoms. The van der Waals surface area contributed by atoms with E-state index in [1.165, 1.54) is 0 Å². The maximum Gasteiger partial charge on any atom is 0.162 e. The van der Waals surface area contributed by atoms with Crippen LogP contribution < -0.4 is 9.47 Å². The van der Waals surface area contributed by atoms with Crippen LogP contribution in [0.5, 0.6) is 11.5 Å². The number of aliphatic hydroxyl groups excluding tert-OH is 1. The summed E-state index contributed by atoms with van der Waals surface area (Å²) in [5, 5.41) is 10.6. The van der Waals surface area contributed by atoms with Crippen LogP contribution in [0, 0.1) is 5.92 Å². The van der Waals surface area contributed by atoms with Gasteiger partial charge in [-0.1, -0.05) is 25.4 Å². The van der Waals surface area contributed by atoms with Crippen LogP contribution in [0.1, 0.15) is 31.9 Å². The van der Waals surface area contributed by atoms with Crippen LogP contribution in [0.2, 0.25) is 5.02 Å². The Labute approximate surface area is 106 Å². The highest BCUT2D eigenvalue weighted by Gasteiger charge is 2.19. The van der Waals surface area contributed by atoms with Crippen molar-refractivity contribution < 1.29 is 14.6 Å². The Balaban J connectivity index is 2.28. The highest BCUT2D eigenvalue weighted by molar-refractivity contribution is 6.31. The Bertz CT molecular complexity index is 404. The van der Waals surface area contributed by atoms with Crippen LogP contribution in [0.15, 0.2) is 12.1 Å². The summed E-state index contributed by atoms with van der Waals surface area (Å²) in [6.07, 6.45) is 0.123. The molecule has 94 valence electrons. The first-order valence-electron chi connectivity index (χ1n) is 5.85. The summed E-state index contributed by atoms with van der Waals surface area (Å²) in [6, 6.07) is 3.50. The summed E-state index contributed by atoms with van der Waals surface area (Å²) < 4.78 is 10.9. The summed E-state index contributed by atoms with van der Waals surface area (Å²) in [7, 11) is 0. The number of rotatable bonds is 3. The van der Waals surface area contributed by atoms with E-state index >= 15 is 0 Å². The van der Waals surface area contributed by atoms with Crippen LogP contribution >= 0.6 is 11.6 Å². The van der Waals surface area contributed by atoms with Crippen molar-refractivity contribution in [3.8, 4) is 11.5 Å². The first-order valence-corrected chi connectivity index (χ1v) is 6.23. The maximum absolute atomic E-state index is 10.1. The lowest BCUT2D eigenvalue weighted by atomic mass is 9.99. The lowest BCUT2D eigenvalue weighted by Gasteiger charge is -2.22. The van der Waals surface area contributed by atoms with Gasteiger partial charge in [-0.05, 0) is 18.4 Å². The van der Waals surface area contributed by atoms with E-state index in [9.17, 15) is 5.11 Å². The molecule has 4 heteroatoms. The van der Waals surface area contributed by atoms with Gasteiger partial charge in [0, 0.05) is 11.6 Å². The molecule has 0 saturated heterocycles. The smallest absolute Gasteiger partial charge is 0.162 e. The van der Waals surface area contributed by atoms with E-state index in [-0.39, 0.29) is 0 Å². The normalized spacial score (nSPS) is 16.1. The van der Waals surface area contributed by atoms with E-state index in [2.05, 4.69) is 13.8 Å². The number of fused-ring (bicyclic) bond motifs is 1. The fourth-order valence-corrected chi connectivity index (χ4v) is 2.19.